The Balaban J connectivity index is 1.77. The van der Waals surface area contributed by atoms with Crippen molar-refractivity contribution in [2.75, 3.05) is 18.8 Å². The van der Waals surface area contributed by atoms with Gasteiger partial charge >= 0.3 is 0 Å². The lowest BCUT2D eigenvalue weighted by Gasteiger charge is -2.32. The molecule has 2 N–H and O–H groups in total. The molecule has 1 amide bonds. The quantitative estimate of drug-likeness (QED) is 0.867. The van der Waals surface area contributed by atoms with E-state index in [1.807, 2.05) is 24.0 Å². The number of aromatic nitrogens is 1. The standard InChI is InChI=1S/C16H19N3OS/c1-11-10-21-15(18-11)12-5-4-8-19(9-12)16(20)13-6-2-3-7-14(13)17/h2-3,6-7,10,12H,4-5,8-9,17H2,1H3. The number of likely N-dealkylation sites (tertiary alicyclic amines) is 1. The molecule has 4 nitrogen and oxygen atoms in total. The predicted molar refractivity (Wildman–Crippen MR) is 85.6 cm³/mol. The van der Waals surface area contributed by atoms with Gasteiger partial charge in [-0.05, 0) is 31.9 Å². The summed E-state index contributed by atoms with van der Waals surface area (Å²) in [6, 6.07) is 7.28. The van der Waals surface area contributed by atoms with Crippen LogP contribution >= 0.6 is 11.3 Å². The summed E-state index contributed by atoms with van der Waals surface area (Å²) >= 11 is 1.70. The molecule has 110 valence electrons. The van der Waals surface area contributed by atoms with E-state index in [0.29, 0.717) is 17.2 Å². The van der Waals surface area contributed by atoms with E-state index in [9.17, 15) is 4.79 Å². The average molecular weight is 301 g/mol. The monoisotopic (exact) mass is 301 g/mol. The molecule has 2 aromatic rings. The Labute approximate surface area is 128 Å². The second-order valence-electron chi connectivity index (χ2n) is 5.50. The van der Waals surface area contributed by atoms with Crippen LogP contribution in [0.4, 0.5) is 5.69 Å². The van der Waals surface area contributed by atoms with Crippen LogP contribution in [0, 0.1) is 6.92 Å². The van der Waals surface area contributed by atoms with Crippen LogP contribution in [-0.4, -0.2) is 28.9 Å². The summed E-state index contributed by atoms with van der Waals surface area (Å²) in [5.74, 6) is 0.386. The third-order valence-corrected chi connectivity index (χ3v) is 5.01. The van der Waals surface area contributed by atoms with E-state index >= 15 is 0 Å². The van der Waals surface area contributed by atoms with Crippen LogP contribution < -0.4 is 5.73 Å². The molecule has 1 unspecified atom stereocenters. The summed E-state index contributed by atoms with van der Waals surface area (Å²) in [5.41, 5.74) is 8.14. The van der Waals surface area contributed by atoms with Crippen LogP contribution in [0.25, 0.3) is 0 Å². The van der Waals surface area contributed by atoms with E-state index in [1.54, 1.807) is 23.5 Å². The molecule has 3 rings (SSSR count). The Morgan fingerprint density at radius 2 is 2.24 bits per heavy atom. The molecular weight excluding hydrogens is 282 g/mol. The van der Waals surface area contributed by atoms with Gasteiger partial charge in [-0.1, -0.05) is 12.1 Å². The number of para-hydroxylation sites is 1. The van der Waals surface area contributed by atoms with Gasteiger partial charge in [0.1, 0.15) is 0 Å². The summed E-state index contributed by atoms with van der Waals surface area (Å²) in [6.45, 7) is 3.55. The van der Waals surface area contributed by atoms with Crippen molar-refractivity contribution >= 4 is 22.9 Å². The van der Waals surface area contributed by atoms with Gasteiger partial charge in [0, 0.05) is 35.8 Å². The maximum atomic E-state index is 12.6. The zero-order valence-corrected chi connectivity index (χ0v) is 12.9. The molecule has 21 heavy (non-hydrogen) atoms. The van der Waals surface area contributed by atoms with Crippen molar-refractivity contribution < 1.29 is 4.79 Å². The third-order valence-electron chi connectivity index (χ3n) is 3.89. The number of hydrogen-bond acceptors (Lipinski definition) is 4. The Morgan fingerprint density at radius 3 is 2.95 bits per heavy atom. The fourth-order valence-corrected chi connectivity index (χ4v) is 3.71. The molecule has 0 radical (unpaired) electrons. The van der Waals surface area contributed by atoms with E-state index < -0.39 is 0 Å². The lowest BCUT2D eigenvalue weighted by atomic mass is 9.98. The van der Waals surface area contributed by atoms with Crippen molar-refractivity contribution in [3.05, 3.63) is 45.9 Å². The third kappa shape index (κ3) is 2.93. The van der Waals surface area contributed by atoms with Crippen LogP contribution in [0.5, 0.6) is 0 Å². The van der Waals surface area contributed by atoms with Gasteiger partial charge in [0.2, 0.25) is 0 Å². The normalized spacial score (nSPS) is 18.7. The molecule has 1 aromatic heterocycles. The highest BCUT2D eigenvalue weighted by molar-refractivity contribution is 7.09. The van der Waals surface area contributed by atoms with E-state index in [1.165, 1.54) is 0 Å². The van der Waals surface area contributed by atoms with Crippen LogP contribution in [-0.2, 0) is 0 Å². The van der Waals surface area contributed by atoms with Gasteiger partial charge < -0.3 is 10.6 Å². The Morgan fingerprint density at radius 1 is 1.43 bits per heavy atom. The topological polar surface area (TPSA) is 59.2 Å². The zero-order valence-electron chi connectivity index (χ0n) is 12.1. The molecule has 0 aliphatic carbocycles. The highest BCUT2D eigenvalue weighted by Gasteiger charge is 2.27. The smallest absolute Gasteiger partial charge is 0.255 e. The lowest BCUT2D eigenvalue weighted by Crippen LogP contribution is -2.39. The molecule has 1 aromatic carbocycles. The van der Waals surface area contributed by atoms with Crippen LogP contribution in [0.2, 0.25) is 0 Å². The molecule has 2 heterocycles. The molecular formula is C16H19N3OS. The largest absolute Gasteiger partial charge is 0.398 e. The van der Waals surface area contributed by atoms with Gasteiger partial charge in [-0.25, -0.2) is 4.98 Å². The second kappa shape index (κ2) is 5.85. The van der Waals surface area contributed by atoms with Crippen molar-refractivity contribution in [2.24, 2.45) is 0 Å². The highest BCUT2D eigenvalue weighted by Crippen LogP contribution is 2.30. The molecule has 5 heteroatoms. The molecule has 1 aliphatic rings. The number of thiazole rings is 1. The van der Waals surface area contributed by atoms with Gasteiger partial charge in [0.15, 0.2) is 0 Å². The minimum absolute atomic E-state index is 0.0334. The summed E-state index contributed by atoms with van der Waals surface area (Å²) in [5, 5.41) is 3.22. The lowest BCUT2D eigenvalue weighted by molar-refractivity contribution is 0.0708. The highest BCUT2D eigenvalue weighted by atomic mass is 32.1. The number of carbonyl (C=O) groups excluding carboxylic acids is 1. The van der Waals surface area contributed by atoms with Crippen LogP contribution in [0.1, 0.15) is 39.8 Å². The van der Waals surface area contributed by atoms with Gasteiger partial charge in [0.05, 0.1) is 10.6 Å². The first-order valence-electron chi connectivity index (χ1n) is 7.21. The first-order valence-corrected chi connectivity index (χ1v) is 8.09. The molecule has 0 saturated carbocycles. The van der Waals surface area contributed by atoms with E-state index in [0.717, 1.165) is 36.6 Å². The number of benzene rings is 1. The first-order chi connectivity index (χ1) is 10.1. The number of aryl methyl sites for hydroxylation is 1. The van der Waals surface area contributed by atoms with Crippen LogP contribution in [0.15, 0.2) is 29.6 Å². The maximum absolute atomic E-state index is 12.6. The number of piperidine rings is 1. The van der Waals surface area contributed by atoms with Gasteiger partial charge in [0.25, 0.3) is 5.91 Å². The first kappa shape index (κ1) is 14.1. The van der Waals surface area contributed by atoms with Gasteiger partial charge in [-0.3, -0.25) is 4.79 Å². The van der Waals surface area contributed by atoms with E-state index in [4.69, 9.17) is 5.73 Å². The number of carbonyl (C=O) groups is 1. The predicted octanol–water partition coefficient (Wildman–Crippen LogP) is 3.05. The van der Waals surface area contributed by atoms with Crippen molar-refractivity contribution in [3.8, 4) is 0 Å². The molecule has 1 aliphatic heterocycles. The van der Waals surface area contributed by atoms with Gasteiger partial charge in [-0.15, -0.1) is 11.3 Å². The fourth-order valence-electron chi connectivity index (χ4n) is 2.78. The van der Waals surface area contributed by atoms with Crippen LogP contribution in [0.3, 0.4) is 0 Å². The SMILES string of the molecule is Cc1csc(C2CCCN(C(=O)c3ccccc3N)C2)n1. The van der Waals surface area contributed by atoms with Crippen molar-refractivity contribution in [3.63, 3.8) is 0 Å². The molecule has 0 spiro atoms. The summed E-state index contributed by atoms with van der Waals surface area (Å²) in [7, 11) is 0. The average Bonchev–Trinajstić information content (AvgIpc) is 2.94. The molecule has 0 bridgehead atoms. The fraction of sp³-hybridized carbons (Fsp3) is 0.375. The number of amides is 1. The number of anilines is 1. The maximum Gasteiger partial charge on any atom is 0.255 e. The molecule has 1 fully saturated rings. The summed E-state index contributed by atoms with van der Waals surface area (Å²) in [4.78, 5) is 19.1. The van der Waals surface area contributed by atoms with E-state index in [-0.39, 0.29) is 5.91 Å². The number of nitrogens with two attached hydrogens (primary N) is 1. The minimum Gasteiger partial charge on any atom is -0.398 e. The number of rotatable bonds is 2. The van der Waals surface area contributed by atoms with Crippen molar-refractivity contribution in [1.29, 1.82) is 0 Å². The van der Waals surface area contributed by atoms with Crippen molar-refractivity contribution in [1.82, 2.24) is 9.88 Å². The molecule has 1 atom stereocenters. The van der Waals surface area contributed by atoms with E-state index in [2.05, 4.69) is 10.4 Å². The van der Waals surface area contributed by atoms with Gasteiger partial charge in [-0.2, -0.15) is 0 Å². The number of nitrogens with zero attached hydrogens (tertiary/aromatic N) is 2. The number of nitrogen functional groups attached to an aromatic ring is 1. The minimum atomic E-state index is 0.0334. The Hall–Kier alpha value is -1.88. The summed E-state index contributed by atoms with van der Waals surface area (Å²) < 4.78 is 0. The number of hydrogen-bond donors (Lipinski definition) is 1. The zero-order chi connectivity index (χ0) is 14.8. The molecule has 1 saturated heterocycles. The summed E-state index contributed by atoms with van der Waals surface area (Å²) in [6.07, 6.45) is 2.11. The second-order valence-corrected chi connectivity index (χ2v) is 6.39. The van der Waals surface area contributed by atoms with Crippen molar-refractivity contribution in [2.45, 2.75) is 25.7 Å². The Kier molecular flexibility index (Phi) is 3.92. The Bertz CT molecular complexity index is 652.